The van der Waals surface area contributed by atoms with Crippen molar-refractivity contribution in [2.45, 2.75) is 104 Å². The minimum atomic E-state index is -3.89. The zero-order valence-corrected chi connectivity index (χ0v) is 17.0. The van der Waals surface area contributed by atoms with Crippen molar-refractivity contribution in [3.8, 4) is 0 Å². The molecule has 0 aromatic rings. The van der Waals surface area contributed by atoms with Crippen LogP contribution in [0.2, 0.25) is 0 Å². The quantitative estimate of drug-likeness (QED) is 0.235. The Labute approximate surface area is 145 Å². The zero-order valence-electron chi connectivity index (χ0n) is 16.1. The van der Waals surface area contributed by atoms with Crippen LogP contribution in [0.3, 0.4) is 0 Å². The van der Waals surface area contributed by atoms with E-state index in [1.54, 1.807) is 0 Å². The second kappa shape index (κ2) is 13.6. The molecule has 23 heavy (non-hydrogen) atoms. The van der Waals surface area contributed by atoms with Gasteiger partial charge in [-0.2, -0.15) is 0 Å². The van der Waals surface area contributed by atoms with Crippen LogP contribution in [0.4, 0.5) is 0 Å². The van der Waals surface area contributed by atoms with Gasteiger partial charge in [-0.3, -0.25) is 0 Å². The average Bonchev–Trinajstić information content (AvgIpc) is 2.53. The SMILES string of the molecule is CCCCCCCCP(O)(O)(CCCCCCCC)OCCC. The van der Waals surface area contributed by atoms with E-state index in [4.69, 9.17) is 4.52 Å². The van der Waals surface area contributed by atoms with Gasteiger partial charge in [-0.25, -0.2) is 0 Å². The first-order chi connectivity index (χ1) is 11.0. The Morgan fingerprint density at radius 2 is 0.957 bits per heavy atom. The molecule has 0 aliphatic rings. The van der Waals surface area contributed by atoms with E-state index in [0.29, 0.717) is 18.9 Å². The van der Waals surface area contributed by atoms with Crippen molar-refractivity contribution in [3.63, 3.8) is 0 Å². The molecule has 2 N–H and O–H groups in total. The van der Waals surface area contributed by atoms with Gasteiger partial charge in [0.2, 0.25) is 0 Å². The van der Waals surface area contributed by atoms with E-state index >= 15 is 0 Å². The summed E-state index contributed by atoms with van der Waals surface area (Å²) in [6.07, 6.45) is 15.7. The van der Waals surface area contributed by atoms with Crippen molar-refractivity contribution >= 4 is 7.28 Å². The number of hydrogen-bond donors (Lipinski definition) is 2. The molecule has 0 aromatic carbocycles. The molecule has 0 radical (unpaired) electrons. The molecular weight excluding hydrogens is 307 g/mol. The normalized spacial score (nSPS) is 13.9. The van der Waals surface area contributed by atoms with Gasteiger partial charge in [0.05, 0.1) is 0 Å². The molecule has 0 rings (SSSR count). The first-order valence-electron chi connectivity index (χ1n) is 10.1. The summed E-state index contributed by atoms with van der Waals surface area (Å²) in [4.78, 5) is 21.8. The summed E-state index contributed by atoms with van der Waals surface area (Å²) in [6, 6.07) is 0. The Morgan fingerprint density at radius 1 is 0.565 bits per heavy atom. The van der Waals surface area contributed by atoms with Gasteiger partial charge in [0.1, 0.15) is 0 Å². The fourth-order valence-electron chi connectivity index (χ4n) is 2.96. The third kappa shape index (κ3) is 13.3. The summed E-state index contributed by atoms with van der Waals surface area (Å²) in [5.74, 6) is 0. The Bertz CT molecular complexity index is 249. The third-order valence-corrected chi connectivity index (χ3v) is 7.72. The molecular formula is C19H43O3P. The molecule has 0 bridgehead atoms. The molecule has 0 saturated carbocycles. The maximum atomic E-state index is 10.9. The van der Waals surface area contributed by atoms with Gasteiger partial charge in [-0.15, -0.1) is 0 Å². The average molecular weight is 351 g/mol. The molecule has 0 aromatic heterocycles. The predicted octanol–water partition coefficient (Wildman–Crippen LogP) is 6.42. The van der Waals surface area contributed by atoms with Crippen molar-refractivity contribution in [1.29, 1.82) is 0 Å². The molecule has 0 saturated heterocycles. The Balaban J connectivity index is 4.14. The summed E-state index contributed by atoms with van der Waals surface area (Å²) in [5, 5.41) is 0. The number of unbranched alkanes of at least 4 members (excludes halogenated alkanes) is 10. The van der Waals surface area contributed by atoms with Crippen LogP contribution in [0, 0.1) is 0 Å². The van der Waals surface area contributed by atoms with E-state index in [1.807, 2.05) is 6.92 Å². The van der Waals surface area contributed by atoms with E-state index in [-0.39, 0.29) is 0 Å². The zero-order chi connectivity index (χ0) is 17.5. The maximum absolute atomic E-state index is 10.9. The Morgan fingerprint density at radius 3 is 1.35 bits per heavy atom. The number of rotatable bonds is 17. The van der Waals surface area contributed by atoms with Crippen LogP contribution >= 0.6 is 7.28 Å². The number of hydrogen-bond acceptors (Lipinski definition) is 3. The van der Waals surface area contributed by atoms with E-state index < -0.39 is 7.28 Å². The monoisotopic (exact) mass is 350 g/mol. The van der Waals surface area contributed by atoms with Crippen molar-refractivity contribution in [3.05, 3.63) is 0 Å². The minimum absolute atomic E-state index is 0.465. The van der Waals surface area contributed by atoms with Gasteiger partial charge in [0, 0.05) is 0 Å². The van der Waals surface area contributed by atoms with Crippen molar-refractivity contribution in [2.75, 3.05) is 18.9 Å². The van der Waals surface area contributed by atoms with E-state index in [2.05, 4.69) is 13.8 Å². The molecule has 0 amide bonds. The molecule has 0 aliphatic carbocycles. The van der Waals surface area contributed by atoms with Crippen LogP contribution in [0.1, 0.15) is 104 Å². The van der Waals surface area contributed by atoms with Gasteiger partial charge in [0.25, 0.3) is 0 Å². The topological polar surface area (TPSA) is 49.7 Å². The molecule has 142 valence electrons. The predicted molar refractivity (Wildman–Crippen MR) is 104 cm³/mol. The van der Waals surface area contributed by atoms with Crippen LogP contribution in [-0.2, 0) is 4.52 Å². The van der Waals surface area contributed by atoms with Crippen LogP contribution in [0.25, 0.3) is 0 Å². The molecule has 3 nitrogen and oxygen atoms in total. The summed E-state index contributed by atoms with van der Waals surface area (Å²) in [6.45, 7) is 6.92. The Hall–Kier alpha value is 0.310. The second-order valence-electron chi connectivity index (χ2n) is 7.12. The van der Waals surface area contributed by atoms with Gasteiger partial charge in [0.15, 0.2) is 0 Å². The molecule has 0 atom stereocenters. The summed E-state index contributed by atoms with van der Waals surface area (Å²) in [5.41, 5.74) is 0. The van der Waals surface area contributed by atoms with Gasteiger partial charge in [-0.1, -0.05) is 0 Å². The first kappa shape index (κ1) is 23.3. The molecule has 0 unspecified atom stereocenters. The second-order valence-corrected chi connectivity index (χ2v) is 10.9. The van der Waals surface area contributed by atoms with Crippen LogP contribution in [0.15, 0.2) is 0 Å². The summed E-state index contributed by atoms with van der Waals surface area (Å²) in [7, 11) is -3.89. The van der Waals surface area contributed by atoms with Crippen LogP contribution in [0.5, 0.6) is 0 Å². The standard InChI is InChI=1S/C19H43O3P/c1-4-7-9-11-13-15-18-23(20,21,22-17-6-3)19-16-14-12-10-8-5-2/h20-21H,4-19H2,1-3H3. The van der Waals surface area contributed by atoms with E-state index in [9.17, 15) is 9.79 Å². The fourth-order valence-corrected chi connectivity index (χ4v) is 5.77. The van der Waals surface area contributed by atoms with Crippen molar-refractivity contribution in [1.82, 2.24) is 0 Å². The first-order valence-corrected chi connectivity index (χ1v) is 12.6. The van der Waals surface area contributed by atoms with Crippen LogP contribution < -0.4 is 0 Å². The molecule has 0 fully saturated rings. The molecule has 0 heterocycles. The van der Waals surface area contributed by atoms with Gasteiger partial charge < -0.3 is 0 Å². The van der Waals surface area contributed by atoms with Crippen molar-refractivity contribution < 1.29 is 14.3 Å². The third-order valence-electron chi connectivity index (χ3n) is 4.52. The molecule has 0 spiro atoms. The molecule has 4 heteroatoms. The van der Waals surface area contributed by atoms with Crippen LogP contribution in [-0.4, -0.2) is 28.7 Å². The van der Waals surface area contributed by atoms with Gasteiger partial charge >= 0.3 is 145 Å². The molecule has 0 aliphatic heterocycles. The summed E-state index contributed by atoms with van der Waals surface area (Å²) < 4.78 is 5.66. The van der Waals surface area contributed by atoms with Crippen molar-refractivity contribution in [2.24, 2.45) is 0 Å². The Kier molecular flexibility index (Phi) is 13.8. The summed E-state index contributed by atoms with van der Waals surface area (Å²) >= 11 is 0. The fraction of sp³-hybridized carbons (Fsp3) is 1.00. The van der Waals surface area contributed by atoms with E-state index in [0.717, 1.165) is 32.1 Å². The van der Waals surface area contributed by atoms with E-state index in [1.165, 1.54) is 51.4 Å². The van der Waals surface area contributed by atoms with Gasteiger partial charge in [-0.05, 0) is 0 Å².